The molecule has 1 unspecified atom stereocenters. The maximum absolute atomic E-state index is 13.0. The van der Waals surface area contributed by atoms with Crippen LogP contribution in [0, 0.1) is 5.92 Å². The summed E-state index contributed by atoms with van der Waals surface area (Å²) in [5.74, 6) is -1.36. The van der Waals surface area contributed by atoms with E-state index in [1.165, 1.54) is 19.3 Å². The smallest absolute Gasteiger partial charge is 0.420 e. The van der Waals surface area contributed by atoms with Gasteiger partial charge in [-0.2, -0.15) is 4.90 Å². The first-order chi connectivity index (χ1) is 14.5. The third-order valence-electron chi connectivity index (χ3n) is 4.06. The fraction of sp³-hybridized carbons (Fsp3) is 0.739. The van der Waals surface area contributed by atoms with Gasteiger partial charge in [-0.25, -0.2) is 19.2 Å². The molecule has 0 aromatic heterocycles. The number of esters is 2. The normalized spacial score (nSPS) is 14.0. The number of nitrogens with zero attached hydrogens (tertiary/aromatic N) is 1. The first-order valence-corrected chi connectivity index (χ1v) is 10.7. The van der Waals surface area contributed by atoms with Gasteiger partial charge in [0.15, 0.2) is 0 Å². The summed E-state index contributed by atoms with van der Waals surface area (Å²) in [7, 11) is 1.24. The van der Waals surface area contributed by atoms with Gasteiger partial charge >= 0.3 is 24.1 Å². The van der Waals surface area contributed by atoms with Crippen LogP contribution in [0.25, 0.3) is 0 Å². The van der Waals surface area contributed by atoms with Gasteiger partial charge in [-0.3, -0.25) is 0 Å². The number of rotatable bonds is 8. The van der Waals surface area contributed by atoms with E-state index >= 15 is 0 Å². The Kier molecular flexibility index (Phi) is 11.5. The molecule has 0 aliphatic heterocycles. The summed E-state index contributed by atoms with van der Waals surface area (Å²) in [6.45, 7) is 15.4. The molecule has 0 spiro atoms. The summed E-state index contributed by atoms with van der Waals surface area (Å²) < 4.78 is 20.8. The molecule has 0 saturated carbocycles. The van der Waals surface area contributed by atoms with Crippen LogP contribution in [-0.2, 0) is 28.5 Å². The Hall–Kier alpha value is -2.58. The molecule has 0 rings (SSSR count). The number of ether oxygens (including phenoxy) is 4. The van der Waals surface area contributed by atoms with E-state index in [0.717, 1.165) is 0 Å². The molecule has 2 atom stereocenters. The fourth-order valence-corrected chi connectivity index (χ4v) is 2.22. The first-order valence-electron chi connectivity index (χ1n) is 10.7. The van der Waals surface area contributed by atoms with Crippen LogP contribution in [-0.4, -0.2) is 59.5 Å². The molecule has 0 fully saturated rings. The maximum atomic E-state index is 13.0. The lowest BCUT2D eigenvalue weighted by Gasteiger charge is -2.33. The quantitative estimate of drug-likeness (QED) is 0.295. The standard InChI is InChI=1S/C23H39NO8/c1-15(2)16(3)30-20(27)24(21(28)32-23(7,8)9)17(19(26)31-22(4,5)6)13-11-12-14-18(25)29-10/h12,14-17H,11,13H2,1-10H3/b14-12+/t16?,17-/m0/s1. The van der Waals surface area contributed by atoms with Gasteiger partial charge in [0.05, 0.1) is 7.11 Å². The van der Waals surface area contributed by atoms with Crippen molar-refractivity contribution in [2.45, 2.75) is 98.5 Å². The lowest BCUT2D eigenvalue weighted by atomic mass is 10.1. The van der Waals surface area contributed by atoms with Gasteiger partial charge in [0.2, 0.25) is 0 Å². The third-order valence-corrected chi connectivity index (χ3v) is 4.06. The largest absolute Gasteiger partial charge is 0.466 e. The molecule has 9 nitrogen and oxygen atoms in total. The highest BCUT2D eigenvalue weighted by atomic mass is 16.6. The average molecular weight is 458 g/mol. The number of carbonyl (C=O) groups is 4. The highest BCUT2D eigenvalue weighted by molar-refractivity contribution is 5.94. The van der Waals surface area contributed by atoms with E-state index in [-0.39, 0.29) is 18.8 Å². The predicted octanol–water partition coefficient (Wildman–Crippen LogP) is 4.62. The minimum absolute atomic E-state index is 0.00713. The second-order valence-electron chi connectivity index (χ2n) is 9.74. The summed E-state index contributed by atoms with van der Waals surface area (Å²) in [5, 5.41) is 0. The summed E-state index contributed by atoms with van der Waals surface area (Å²) >= 11 is 0. The van der Waals surface area contributed by atoms with E-state index < -0.39 is 47.5 Å². The number of amides is 2. The van der Waals surface area contributed by atoms with E-state index in [9.17, 15) is 19.2 Å². The maximum Gasteiger partial charge on any atom is 0.420 e. The van der Waals surface area contributed by atoms with Crippen molar-refractivity contribution in [1.29, 1.82) is 0 Å². The summed E-state index contributed by atoms with van der Waals surface area (Å²) in [6.07, 6.45) is 0.324. The molecule has 0 aliphatic carbocycles. The Morgan fingerprint density at radius 2 is 1.41 bits per heavy atom. The molecular formula is C23H39NO8. The zero-order valence-corrected chi connectivity index (χ0v) is 21.0. The van der Waals surface area contributed by atoms with Crippen molar-refractivity contribution in [3.05, 3.63) is 12.2 Å². The molecule has 0 bridgehead atoms. The van der Waals surface area contributed by atoms with Crippen molar-refractivity contribution in [2.75, 3.05) is 7.11 Å². The van der Waals surface area contributed by atoms with Crippen LogP contribution in [0.4, 0.5) is 9.59 Å². The van der Waals surface area contributed by atoms with Crippen LogP contribution < -0.4 is 0 Å². The molecule has 184 valence electrons. The van der Waals surface area contributed by atoms with E-state index in [4.69, 9.17) is 14.2 Å². The van der Waals surface area contributed by atoms with Crippen molar-refractivity contribution in [2.24, 2.45) is 5.92 Å². The first kappa shape index (κ1) is 29.4. The van der Waals surface area contributed by atoms with Crippen molar-refractivity contribution < 1.29 is 38.1 Å². The zero-order valence-electron chi connectivity index (χ0n) is 21.0. The molecule has 2 amide bonds. The molecule has 0 N–H and O–H groups in total. The SMILES string of the molecule is COC(=O)/C=C/CC[C@@H](C(=O)OC(C)(C)C)N(C(=O)OC(C)C(C)C)C(=O)OC(C)(C)C. The van der Waals surface area contributed by atoms with Gasteiger partial charge < -0.3 is 18.9 Å². The van der Waals surface area contributed by atoms with Crippen LogP contribution in [0.5, 0.6) is 0 Å². The van der Waals surface area contributed by atoms with Crippen molar-refractivity contribution in [3.63, 3.8) is 0 Å². The molecule has 0 aliphatic rings. The number of hydrogen-bond acceptors (Lipinski definition) is 8. The topological polar surface area (TPSA) is 108 Å². The Morgan fingerprint density at radius 1 is 0.875 bits per heavy atom. The number of hydrogen-bond donors (Lipinski definition) is 0. The van der Waals surface area contributed by atoms with Gasteiger partial charge in [-0.05, 0) is 67.2 Å². The summed E-state index contributed by atoms with van der Waals surface area (Å²) in [5.41, 5.74) is -1.77. The Bertz CT molecular complexity index is 685. The molecule has 0 heterocycles. The third kappa shape index (κ3) is 11.7. The van der Waals surface area contributed by atoms with Gasteiger partial charge in [0.25, 0.3) is 0 Å². The lowest BCUT2D eigenvalue weighted by molar-refractivity contribution is -0.161. The zero-order chi connectivity index (χ0) is 25.3. The van der Waals surface area contributed by atoms with Gasteiger partial charge in [-0.15, -0.1) is 0 Å². The van der Waals surface area contributed by atoms with Crippen LogP contribution in [0.2, 0.25) is 0 Å². The highest BCUT2D eigenvalue weighted by Gasteiger charge is 2.41. The van der Waals surface area contributed by atoms with E-state index in [2.05, 4.69) is 4.74 Å². The van der Waals surface area contributed by atoms with Crippen LogP contribution in [0.3, 0.4) is 0 Å². The lowest BCUT2D eigenvalue weighted by Crippen LogP contribution is -2.52. The van der Waals surface area contributed by atoms with Crippen molar-refractivity contribution >= 4 is 24.1 Å². The second kappa shape index (κ2) is 12.5. The number of imide groups is 1. The van der Waals surface area contributed by atoms with E-state index in [0.29, 0.717) is 4.90 Å². The summed E-state index contributed by atoms with van der Waals surface area (Å²) in [6, 6.07) is -1.32. The monoisotopic (exact) mass is 457 g/mol. The highest BCUT2D eigenvalue weighted by Crippen LogP contribution is 2.21. The van der Waals surface area contributed by atoms with Crippen molar-refractivity contribution in [1.82, 2.24) is 4.90 Å². The molecular weight excluding hydrogens is 418 g/mol. The van der Waals surface area contributed by atoms with Crippen molar-refractivity contribution in [3.8, 4) is 0 Å². The average Bonchev–Trinajstić information content (AvgIpc) is 2.60. The minimum atomic E-state index is -1.32. The molecule has 0 aromatic carbocycles. The van der Waals surface area contributed by atoms with E-state index in [1.807, 2.05) is 13.8 Å². The number of methoxy groups -OCH3 is 1. The van der Waals surface area contributed by atoms with Crippen LogP contribution in [0.15, 0.2) is 12.2 Å². The Labute approximate surface area is 191 Å². The molecule has 32 heavy (non-hydrogen) atoms. The molecule has 0 saturated heterocycles. The van der Waals surface area contributed by atoms with Crippen LogP contribution in [0.1, 0.15) is 75.2 Å². The molecule has 0 aromatic rings. The molecule has 0 radical (unpaired) electrons. The molecule has 9 heteroatoms. The van der Waals surface area contributed by atoms with E-state index in [1.54, 1.807) is 48.5 Å². The van der Waals surface area contributed by atoms with Gasteiger partial charge in [0.1, 0.15) is 23.3 Å². The summed E-state index contributed by atoms with van der Waals surface area (Å²) in [4.78, 5) is 50.9. The number of allylic oxidation sites excluding steroid dienone is 1. The van der Waals surface area contributed by atoms with Gasteiger partial charge in [-0.1, -0.05) is 19.9 Å². The fourth-order valence-electron chi connectivity index (χ4n) is 2.22. The Morgan fingerprint density at radius 3 is 1.84 bits per heavy atom. The van der Waals surface area contributed by atoms with Gasteiger partial charge in [0, 0.05) is 6.08 Å². The predicted molar refractivity (Wildman–Crippen MR) is 119 cm³/mol. The minimum Gasteiger partial charge on any atom is -0.466 e. The Balaban J connectivity index is 6.05. The van der Waals surface area contributed by atoms with Crippen LogP contribution >= 0.6 is 0 Å². The number of carbonyl (C=O) groups excluding carboxylic acids is 4. The second-order valence-corrected chi connectivity index (χ2v) is 9.74.